The standard InChI is InChI=1S/C23H25F3N2O6/c1-2-12-3-5-13(6-4-12)9-28-11-27-15-7-14(23(24,25)26)8-16(18(15)28)33-22-21(32)20(31)19(30)17(10-29)34-22/h3-8,11,17,19-22,29-32H,2,9-10H2,1H3/t17-,19-,20+,21-,22-/m1/s1. The van der Waals surface area contributed by atoms with E-state index >= 15 is 0 Å². The first kappa shape index (κ1) is 24.4. The van der Waals surface area contributed by atoms with Crippen LogP contribution in [-0.2, 0) is 23.9 Å². The van der Waals surface area contributed by atoms with Crippen LogP contribution in [0.15, 0.2) is 42.7 Å². The van der Waals surface area contributed by atoms with Gasteiger partial charge in [-0.15, -0.1) is 0 Å². The van der Waals surface area contributed by atoms with E-state index in [1.807, 2.05) is 31.2 Å². The van der Waals surface area contributed by atoms with Gasteiger partial charge in [0, 0.05) is 6.54 Å². The molecule has 2 aromatic carbocycles. The average molecular weight is 482 g/mol. The van der Waals surface area contributed by atoms with Crippen LogP contribution < -0.4 is 4.74 Å². The molecule has 8 nitrogen and oxygen atoms in total. The van der Waals surface area contributed by atoms with Crippen molar-refractivity contribution in [2.24, 2.45) is 0 Å². The fraction of sp³-hybridized carbons (Fsp3) is 0.435. The number of hydrogen-bond donors (Lipinski definition) is 4. The zero-order valence-electron chi connectivity index (χ0n) is 18.2. The quantitative estimate of drug-likeness (QED) is 0.424. The molecule has 1 aliphatic rings. The number of aromatic nitrogens is 2. The summed E-state index contributed by atoms with van der Waals surface area (Å²) in [6, 6.07) is 9.40. The third-order valence-electron chi connectivity index (χ3n) is 5.88. The number of aliphatic hydroxyl groups excluding tert-OH is 4. The minimum atomic E-state index is -4.69. The minimum Gasteiger partial charge on any atom is -0.460 e. The summed E-state index contributed by atoms with van der Waals surface area (Å²) in [6.45, 7) is 1.62. The van der Waals surface area contributed by atoms with Crippen molar-refractivity contribution in [3.63, 3.8) is 0 Å². The Morgan fingerprint density at radius 3 is 2.32 bits per heavy atom. The molecule has 2 heterocycles. The van der Waals surface area contributed by atoms with E-state index in [0.29, 0.717) is 0 Å². The Bertz CT molecular complexity index is 1130. The molecule has 1 saturated heterocycles. The van der Waals surface area contributed by atoms with Gasteiger partial charge in [-0.3, -0.25) is 0 Å². The number of ether oxygens (including phenoxy) is 2. The maximum Gasteiger partial charge on any atom is 0.416 e. The number of imidazole rings is 1. The van der Waals surface area contributed by atoms with E-state index in [2.05, 4.69) is 4.98 Å². The molecule has 1 fully saturated rings. The maximum atomic E-state index is 13.5. The SMILES string of the molecule is CCc1ccc(Cn2cnc3cc(C(F)(F)F)cc(O[C@@H]4O[C@H](CO)[C@@H](O)[C@H](O)[C@H]4O)c32)cc1. The second kappa shape index (κ2) is 9.51. The number of halogens is 3. The molecule has 0 amide bonds. The molecule has 34 heavy (non-hydrogen) atoms. The van der Waals surface area contributed by atoms with Crippen LogP contribution in [-0.4, -0.2) is 67.3 Å². The smallest absolute Gasteiger partial charge is 0.416 e. The van der Waals surface area contributed by atoms with E-state index in [4.69, 9.17) is 9.47 Å². The Morgan fingerprint density at radius 2 is 1.71 bits per heavy atom. The second-order valence-electron chi connectivity index (χ2n) is 8.20. The van der Waals surface area contributed by atoms with Crippen LogP contribution in [0.25, 0.3) is 11.0 Å². The van der Waals surface area contributed by atoms with E-state index < -0.39 is 49.1 Å². The number of nitrogens with zero attached hydrogens (tertiary/aromatic N) is 2. The molecule has 1 aromatic heterocycles. The Hall–Kier alpha value is -2.70. The monoisotopic (exact) mass is 482 g/mol. The van der Waals surface area contributed by atoms with Gasteiger partial charge in [0.1, 0.15) is 35.7 Å². The number of hydrogen-bond acceptors (Lipinski definition) is 7. The topological polar surface area (TPSA) is 117 Å². The highest BCUT2D eigenvalue weighted by molar-refractivity contribution is 5.83. The minimum absolute atomic E-state index is 0.0135. The summed E-state index contributed by atoms with van der Waals surface area (Å²) in [4.78, 5) is 4.10. The highest BCUT2D eigenvalue weighted by Crippen LogP contribution is 2.37. The van der Waals surface area contributed by atoms with Crippen molar-refractivity contribution in [1.82, 2.24) is 9.55 Å². The molecule has 0 radical (unpaired) electrons. The normalized spacial score (nSPS) is 25.6. The lowest BCUT2D eigenvalue weighted by Crippen LogP contribution is -2.60. The lowest BCUT2D eigenvalue weighted by atomic mass is 9.99. The summed E-state index contributed by atoms with van der Waals surface area (Å²) in [5.41, 5.74) is 1.25. The highest BCUT2D eigenvalue weighted by Gasteiger charge is 2.45. The molecule has 0 spiro atoms. The number of rotatable bonds is 6. The molecule has 11 heteroatoms. The zero-order valence-corrected chi connectivity index (χ0v) is 18.2. The van der Waals surface area contributed by atoms with Crippen molar-refractivity contribution in [3.05, 3.63) is 59.4 Å². The van der Waals surface area contributed by atoms with E-state index in [1.165, 1.54) is 6.33 Å². The van der Waals surface area contributed by atoms with E-state index in [-0.39, 0.29) is 23.3 Å². The molecule has 0 aliphatic carbocycles. The molecule has 0 saturated carbocycles. The van der Waals surface area contributed by atoms with Crippen molar-refractivity contribution in [1.29, 1.82) is 0 Å². The van der Waals surface area contributed by atoms with Gasteiger partial charge in [-0.2, -0.15) is 13.2 Å². The van der Waals surface area contributed by atoms with Gasteiger partial charge >= 0.3 is 6.18 Å². The first-order valence-corrected chi connectivity index (χ1v) is 10.7. The molecule has 4 rings (SSSR count). The van der Waals surface area contributed by atoms with Gasteiger partial charge in [-0.1, -0.05) is 31.2 Å². The van der Waals surface area contributed by atoms with E-state index in [9.17, 15) is 33.6 Å². The van der Waals surface area contributed by atoms with Crippen LogP contribution in [0.2, 0.25) is 0 Å². The van der Waals surface area contributed by atoms with Crippen LogP contribution in [0.4, 0.5) is 13.2 Å². The van der Waals surface area contributed by atoms with Crippen LogP contribution in [0.5, 0.6) is 5.75 Å². The second-order valence-corrected chi connectivity index (χ2v) is 8.20. The van der Waals surface area contributed by atoms with Gasteiger partial charge in [0.2, 0.25) is 6.29 Å². The molecule has 3 aromatic rings. The summed E-state index contributed by atoms with van der Waals surface area (Å²) in [7, 11) is 0. The van der Waals surface area contributed by atoms with Crippen LogP contribution in [0, 0.1) is 0 Å². The predicted octanol–water partition coefficient (Wildman–Crippen LogP) is 1.84. The summed E-state index contributed by atoms with van der Waals surface area (Å²) < 4.78 is 53.1. The Kier molecular flexibility index (Phi) is 6.83. The molecule has 4 N–H and O–H groups in total. The number of benzene rings is 2. The summed E-state index contributed by atoms with van der Waals surface area (Å²) in [5.74, 6) is -0.281. The fourth-order valence-corrected chi connectivity index (χ4v) is 3.91. The first-order valence-electron chi connectivity index (χ1n) is 10.7. The maximum absolute atomic E-state index is 13.5. The fourth-order valence-electron chi connectivity index (χ4n) is 3.91. The van der Waals surface area contributed by atoms with Crippen molar-refractivity contribution in [2.75, 3.05) is 6.61 Å². The Morgan fingerprint density at radius 1 is 1.03 bits per heavy atom. The van der Waals surface area contributed by atoms with Crippen molar-refractivity contribution in [2.45, 2.75) is 56.8 Å². The summed E-state index contributed by atoms with van der Waals surface area (Å²) >= 11 is 0. The molecule has 0 bridgehead atoms. The predicted molar refractivity (Wildman–Crippen MR) is 114 cm³/mol. The van der Waals surface area contributed by atoms with Crippen molar-refractivity contribution in [3.8, 4) is 5.75 Å². The van der Waals surface area contributed by atoms with Gasteiger partial charge < -0.3 is 34.5 Å². The van der Waals surface area contributed by atoms with Gasteiger partial charge in [0.05, 0.1) is 24.0 Å². The van der Waals surface area contributed by atoms with E-state index in [0.717, 1.165) is 29.7 Å². The summed E-state index contributed by atoms with van der Waals surface area (Å²) in [6.07, 6.45) is -10.5. The molecular weight excluding hydrogens is 457 g/mol. The average Bonchev–Trinajstić information content (AvgIpc) is 3.22. The van der Waals surface area contributed by atoms with Gasteiger partial charge in [-0.25, -0.2) is 4.98 Å². The number of aryl methyl sites for hydroxylation is 1. The van der Waals surface area contributed by atoms with Crippen LogP contribution in [0.1, 0.15) is 23.6 Å². The third kappa shape index (κ3) is 4.75. The number of alkyl halides is 3. The molecule has 184 valence electrons. The summed E-state index contributed by atoms with van der Waals surface area (Å²) in [5, 5.41) is 39.7. The number of aliphatic hydroxyl groups is 4. The molecule has 5 atom stereocenters. The third-order valence-corrected chi connectivity index (χ3v) is 5.88. The Balaban J connectivity index is 1.74. The van der Waals surface area contributed by atoms with Crippen LogP contribution in [0.3, 0.4) is 0 Å². The largest absolute Gasteiger partial charge is 0.460 e. The van der Waals surface area contributed by atoms with E-state index in [1.54, 1.807) is 4.57 Å². The molecule has 1 aliphatic heterocycles. The van der Waals surface area contributed by atoms with Crippen molar-refractivity contribution >= 4 is 11.0 Å². The van der Waals surface area contributed by atoms with Gasteiger partial charge in [0.25, 0.3) is 0 Å². The first-order chi connectivity index (χ1) is 16.1. The van der Waals surface area contributed by atoms with Gasteiger partial charge in [-0.05, 0) is 29.7 Å². The van der Waals surface area contributed by atoms with Crippen molar-refractivity contribution < 1.29 is 43.1 Å². The molecular formula is C23H25F3N2O6. The highest BCUT2D eigenvalue weighted by atomic mass is 19.4. The lowest BCUT2D eigenvalue weighted by Gasteiger charge is -2.39. The lowest BCUT2D eigenvalue weighted by molar-refractivity contribution is -0.277. The van der Waals surface area contributed by atoms with Crippen LogP contribution >= 0.6 is 0 Å². The molecule has 0 unspecified atom stereocenters. The van der Waals surface area contributed by atoms with Gasteiger partial charge in [0.15, 0.2) is 0 Å². The number of fused-ring (bicyclic) bond motifs is 1. The Labute approximate surface area is 192 Å². The zero-order chi connectivity index (χ0) is 24.6.